The van der Waals surface area contributed by atoms with Crippen LogP contribution in [0.3, 0.4) is 0 Å². The first-order valence-corrected chi connectivity index (χ1v) is 6.32. The van der Waals surface area contributed by atoms with E-state index in [1.54, 1.807) is 6.07 Å². The number of carbonyl (C=O) groups excluding carboxylic acids is 1. The lowest BCUT2D eigenvalue weighted by Gasteiger charge is -1.95. The molecule has 0 saturated carbocycles. The van der Waals surface area contributed by atoms with E-state index in [1.165, 1.54) is 18.7 Å². The molecule has 0 atom stereocenters. The zero-order valence-electron chi connectivity index (χ0n) is 8.01. The third-order valence-electron chi connectivity index (χ3n) is 1.50. The summed E-state index contributed by atoms with van der Waals surface area (Å²) in [5, 5.41) is 0.691. The molecule has 0 heterocycles. The van der Waals surface area contributed by atoms with Gasteiger partial charge in [0.05, 0.1) is 10.8 Å². The Morgan fingerprint density at radius 3 is 2.93 bits per heavy atom. The Labute approximate surface area is 107 Å². The van der Waals surface area contributed by atoms with Crippen LogP contribution < -0.4 is 0 Å². The van der Waals surface area contributed by atoms with Crippen LogP contribution in [0, 0.1) is 11.8 Å². The van der Waals surface area contributed by atoms with Gasteiger partial charge in [0.2, 0.25) is 0 Å². The molecule has 1 nitrogen and oxygen atoms in total. The van der Waals surface area contributed by atoms with Gasteiger partial charge in [0.1, 0.15) is 0 Å². The van der Waals surface area contributed by atoms with E-state index in [9.17, 15) is 4.79 Å². The molecule has 0 unspecified atom stereocenters. The van der Waals surface area contributed by atoms with Crippen molar-refractivity contribution in [3.05, 3.63) is 33.3 Å². The van der Waals surface area contributed by atoms with E-state index < -0.39 is 0 Å². The van der Waals surface area contributed by atoms with E-state index in [0.29, 0.717) is 10.8 Å². The summed E-state index contributed by atoms with van der Waals surface area (Å²) in [6.45, 7) is 1.53. The molecule has 0 aliphatic heterocycles. The lowest BCUT2D eigenvalue weighted by molar-refractivity contribution is -0.109. The molecular weight excluding hydrogens is 296 g/mol. The maximum atomic E-state index is 10.6. The van der Waals surface area contributed by atoms with E-state index in [0.717, 1.165) is 10.0 Å². The van der Waals surface area contributed by atoms with E-state index in [1.807, 2.05) is 12.1 Å². The van der Waals surface area contributed by atoms with Crippen LogP contribution in [0.2, 0.25) is 5.02 Å². The largest absolute Gasteiger partial charge is 0.288 e. The average molecular weight is 304 g/mol. The number of rotatable bonds is 1. The summed E-state index contributed by atoms with van der Waals surface area (Å²) in [5.41, 5.74) is 0.781. The predicted octanol–water partition coefficient (Wildman–Crippen LogP) is 3.73. The lowest BCUT2D eigenvalue weighted by Crippen LogP contribution is -1.83. The smallest absolute Gasteiger partial charge is 0.186 e. The third kappa shape index (κ3) is 4.74. The number of hydrogen-bond acceptors (Lipinski definition) is 2. The maximum absolute atomic E-state index is 10.6. The Kier molecular flexibility index (Phi) is 5.24. The molecule has 0 spiro atoms. The van der Waals surface area contributed by atoms with Gasteiger partial charge in [-0.1, -0.05) is 51.1 Å². The molecular formula is C11H8BrClOS. The molecule has 0 N–H and O–H groups in total. The molecule has 0 aliphatic rings. The zero-order valence-corrected chi connectivity index (χ0v) is 11.2. The van der Waals surface area contributed by atoms with Crippen LogP contribution in [0.15, 0.2) is 22.7 Å². The van der Waals surface area contributed by atoms with E-state index in [2.05, 4.69) is 27.8 Å². The van der Waals surface area contributed by atoms with E-state index in [-0.39, 0.29) is 5.12 Å². The summed E-state index contributed by atoms with van der Waals surface area (Å²) < 4.78 is 0.927. The van der Waals surface area contributed by atoms with Crippen molar-refractivity contribution in [1.29, 1.82) is 0 Å². The first-order valence-electron chi connectivity index (χ1n) is 4.17. The first-order chi connectivity index (χ1) is 7.09. The fourth-order valence-electron chi connectivity index (χ4n) is 0.860. The number of hydrogen-bond donors (Lipinski definition) is 0. The molecule has 0 bridgehead atoms. The summed E-state index contributed by atoms with van der Waals surface area (Å²) in [7, 11) is 0. The topological polar surface area (TPSA) is 17.1 Å². The van der Waals surface area contributed by atoms with Crippen molar-refractivity contribution < 1.29 is 4.79 Å². The fourth-order valence-corrected chi connectivity index (χ4v) is 1.93. The summed E-state index contributed by atoms with van der Waals surface area (Å²) in [6.07, 6.45) is 0. The molecule has 0 fully saturated rings. The number of carbonyl (C=O) groups is 1. The minimum atomic E-state index is 0.0752. The van der Waals surface area contributed by atoms with Crippen LogP contribution >= 0.6 is 39.3 Å². The van der Waals surface area contributed by atoms with Gasteiger partial charge in [-0.15, -0.1) is 0 Å². The van der Waals surface area contributed by atoms with Gasteiger partial charge in [0.25, 0.3) is 0 Å². The van der Waals surface area contributed by atoms with Crippen molar-refractivity contribution in [2.45, 2.75) is 6.92 Å². The van der Waals surface area contributed by atoms with Crippen LogP contribution in [-0.2, 0) is 4.79 Å². The number of thioether (sulfide) groups is 1. The standard InChI is InChI=1S/C11H8BrClOS/c1-8(14)15-6-2-3-9-4-5-10(12)7-11(9)13/h4-5,7H,6H2,1H3. The summed E-state index contributed by atoms with van der Waals surface area (Å²) in [6, 6.07) is 5.52. The Bertz CT molecular complexity index is 434. The van der Waals surface area contributed by atoms with Crippen LogP contribution in [0.1, 0.15) is 12.5 Å². The molecule has 15 heavy (non-hydrogen) atoms. The summed E-state index contributed by atoms with van der Waals surface area (Å²) >= 11 is 10.5. The van der Waals surface area contributed by atoms with Gasteiger partial charge in [0, 0.05) is 17.0 Å². The van der Waals surface area contributed by atoms with Crippen molar-refractivity contribution in [2.75, 3.05) is 5.75 Å². The Hall–Kier alpha value is -0.430. The molecule has 4 heteroatoms. The van der Waals surface area contributed by atoms with Crippen LogP contribution in [0.25, 0.3) is 0 Å². The second-order valence-corrected chi connectivity index (χ2v) is 5.18. The SMILES string of the molecule is CC(=O)SCC#Cc1ccc(Br)cc1Cl. The molecule has 0 aromatic heterocycles. The normalized spacial score (nSPS) is 9.27. The Balaban J connectivity index is 2.67. The van der Waals surface area contributed by atoms with Crippen molar-refractivity contribution in [2.24, 2.45) is 0 Å². The highest BCUT2D eigenvalue weighted by atomic mass is 79.9. The van der Waals surface area contributed by atoms with Gasteiger partial charge in [-0.3, -0.25) is 4.79 Å². The second kappa shape index (κ2) is 6.22. The summed E-state index contributed by atoms with van der Waals surface area (Å²) in [4.78, 5) is 10.6. The highest BCUT2D eigenvalue weighted by Gasteiger charge is 1.96. The van der Waals surface area contributed by atoms with Crippen molar-refractivity contribution >= 4 is 44.4 Å². The molecule has 0 amide bonds. The van der Waals surface area contributed by atoms with Gasteiger partial charge in [-0.2, -0.15) is 0 Å². The van der Waals surface area contributed by atoms with Crippen molar-refractivity contribution in [3.63, 3.8) is 0 Å². The Morgan fingerprint density at radius 1 is 1.60 bits per heavy atom. The monoisotopic (exact) mass is 302 g/mol. The van der Waals surface area contributed by atoms with E-state index >= 15 is 0 Å². The van der Waals surface area contributed by atoms with Gasteiger partial charge < -0.3 is 0 Å². The van der Waals surface area contributed by atoms with Crippen LogP contribution in [-0.4, -0.2) is 10.9 Å². The fraction of sp³-hybridized carbons (Fsp3) is 0.182. The lowest BCUT2D eigenvalue weighted by atomic mass is 10.2. The molecule has 0 aliphatic carbocycles. The predicted molar refractivity (Wildman–Crippen MR) is 69.2 cm³/mol. The minimum Gasteiger partial charge on any atom is -0.288 e. The van der Waals surface area contributed by atoms with Gasteiger partial charge in [-0.05, 0) is 18.2 Å². The van der Waals surface area contributed by atoms with Crippen LogP contribution in [0.4, 0.5) is 0 Å². The Morgan fingerprint density at radius 2 is 2.33 bits per heavy atom. The van der Waals surface area contributed by atoms with Gasteiger partial charge in [0.15, 0.2) is 5.12 Å². The first kappa shape index (κ1) is 12.6. The molecule has 0 radical (unpaired) electrons. The molecule has 1 rings (SSSR count). The minimum absolute atomic E-state index is 0.0752. The van der Waals surface area contributed by atoms with Crippen LogP contribution in [0.5, 0.6) is 0 Å². The van der Waals surface area contributed by atoms with Crippen molar-refractivity contribution in [1.82, 2.24) is 0 Å². The zero-order chi connectivity index (χ0) is 11.3. The third-order valence-corrected chi connectivity index (χ3v) is 3.00. The number of halogens is 2. The highest BCUT2D eigenvalue weighted by Crippen LogP contribution is 2.20. The molecule has 78 valence electrons. The highest BCUT2D eigenvalue weighted by molar-refractivity contribution is 9.10. The van der Waals surface area contributed by atoms with Gasteiger partial charge in [-0.25, -0.2) is 0 Å². The average Bonchev–Trinajstić information content (AvgIpc) is 2.14. The molecule has 1 aromatic rings. The summed E-state index contributed by atoms with van der Waals surface area (Å²) in [5.74, 6) is 6.31. The van der Waals surface area contributed by atoms with Crippen molar-refractivity contribution in [3.8, 4) is 11.8 Å². The number of benzene rings is 1. The van der Waals surface area contributed by atoms with Gasteiger partial charge >= 0.3 is 0 Å². The molecule has 0 saturated heterocycles. The maximum Gasteiger partial charge on any atom is 0.186 e. The molecule has 1 aromatic carbocycles. The second-order valence-electron chi connectivity index (χ2n) is 2.71. The quantitative estimate of drug-likeness (QED) is 0.735. The van der Waals surface area contributed by atoms with E-state index in [4.69, 9.17) is 11.6 Å².